The highest BCUT2D eigenvalue weighted by atomic mass is 16.3. The molecule has 0 bridgehead atoms. The Morgan fingerprint density at radius 1 is 1.27 bits per heavy atom. The molecule has 0 saturated heterocycles. The van der Waals surface area contributed by atoms with Crippen LogP contribution < -0.4 is 0 Å². The third kappa shape index (κ3) is 42.5. The van der Waals surface area contributed by atoms with Crippen LogP contribution in [0.25, 0.3) is 0 Å². The largest absolute Gasteiger partial charge is 0.394 e. The lowest BCUT2D eigenvalue weighted by Crippen LogP contribution is -1.95. The number of hydrogen-bond donors (Lipinski definition) is 1. The second-order valence-electron chi connectivity index (χ2n) is 3.39. The summed E-state index contributed by atoms with van der Waals surface area (Å²) < 4.78 is 0. The van der Waals surface area contributed by atoms with Crippen molar-refractivity contribution < 1.29 is 9.90 Å². The molecule has 0 radical (unpaired) electrons. The van der Waals surface area contributed by atoms with Crippen LogP contribution in [0.1, 0.15) is 41.0 Å². The van der Waals surface area contributed by atoms with E-state index in [2.05, 4.69) is 0 Å². The van der Waals surface area contributed by atoms with Gasteiger partial charge in [-0.1, -0.05) is 13.8 Å². The van der Waals surface area contributed by atoms with Gasteiger partial charge in [0.25, 0.3) is 0 Å². The summed E-state index contributed by atoms with van der Waals surface area (Å²) in [4.78, 5) is 10.3. The van der Waals surface area contributed by atoms with E-state index in [1.54, 1.807) is 20.8 Å². The highest BCUT2D eigenvalue weighted by molar-refractivity contribution is 5.75. The van der Waals surface area contributed by atoms with Crippen LogP contribution in [0.2, 0.25) is 0 Å². The Morgan fingerprint density at radius 2 is 1.55 bits per heavy atom. The maximum absolute atomic E-state index is 10.3. The van der Waals surface area contributed by atoms with Gasteiger partial charge in [-0.2, -0.15) is 0 Å². The Labute approximate surface area is 69.6 Å². The van der Waals surface area contributed by atoms with Crippen LogP contribution in [-0.2, 0) is 4.79 Å². The van der Waals surface area contributed by atoms with Crippen LogP contribution in [0.4, 0.5) is 0 Å². The normalized spacial score (nSPS) is 9.45. The van der Waals surface area contributed by atoms with Crippen molar-refractivity contribution in [3.8, 4) is 0 Å². The third-order valence-corrected chi connectivity index (χ3v) is 0.696. The topological polar surface area (TPSA) is 37.3 Å². The smallest absolute Gasteiger partial charge is 0.130 e. The van der Waals surface area contributed by atoms with Crippen LogP contribution in [0.3, 0.4) is 0 Å². The van der Waals surface area contributed by atoms with Gasteiger partial charge in [0.15, 0.2) is 0 Å². The van der Waals surface area contributed by atoms with E-state index in [4.69, 9.17) is 5.11 Å². The monoisotopic (exact) mass is 160 g/mol. The zero-order valence-electron chi connectivity index (χ0n) is 8.22. The first-order valence-corrected chi connectivity index (χ1v) is 4.03. The molecule has 0 unspecified atom stereocenters. The number of carbonyl (C=O) groups excluding carboxylic acids is 1. The summed E-state index contributed by atoms with van der Waals surface area (Å²) in [6.45, 7) is 9.16. The summed E-state index contributed by atoms with van der Waals surface area (Å²) in [5, 5.41) is 8.06. The molecule has 0 aliphatic heterocycles. The summed E-state index contributed by atoms with van der Waals surface area (Å²) in [5.74, 6) is 0.813. The number of ketones is 1. The minimum Gasteiger partial charge on any atom is -0.394 e. The van der Waals surface area contributed by atoms with Crippen molar-refractivity contribution in [1.82, 2.24) is 0 Å². The van der Waals surface area contributed by atoms with E-state index < -0.39 is 0 Å². The van der Waals surface area contributed by atoms with Crippen LogP contribution in [0, 0.1) is 5.92 Å². The molecule has 2 nitrogen and oxygen atoms in total. The first-order valence-electron chi connectivity index (χ1n) is 4.03. The zero-order chi connectivity index (χ0) is 9.44. The number of carbonyl (C=O) groups is 1. The van der Waals surface area contributed by atoms with Crippen molar-refractivity contribution >= 4 is 5.78 Å². The Hall–Kier alpha value is -0.370. The number of aliphatic hydroxyl groups excluding tert-OH is 1. The number of aliphatic hydroxyl groups is 1. The summed E-state index contributed by atoms with van der Waals surface area (Å²) in [5.41, 5.74) is 0. The first-order chi connectivity index (χ1) is 4.86. The molecule has 0 atom stereocenters. The number of hydrogen-bond acceptors (Lipinski definition) is 2. The molecule has 11 heavy (non-hydrogen) atoms. The molecule has 0 fully saturated rings. The minimum absolute atomic E-state index is 0.167. The maximum Gasteiger partial charge on any atom is 0.130 e. The van der Waals surface area contributed by atoms with Gasteiger partial charge in [0.05, 0.1) is 0 Å². The highest BCUT2D eigenvalue weighted by Gasteiger charge is 1.95. The first kappa shape index (κ1) is 13.2. The molecule has 68 valence electrons. The summed E-state index contributed by atoms with van der Waals surface area (Å²) in [7, 11) is 0. The van der Waals surface area contributed by atoms with Gasteiger partial charge in [0.2, 0.25) is 0 Å². The molecular weight excluding hydrogens is 140 g/mol. The molecular formula is C9H20O2. The van der Waals surface area contributed by atoms with Crippen molar-refractivity contribution in [1.29, 1.82) is 0 Å². The Balaban J connectivity index is 0. The molecule has 1 N–H and O–H groups in total. The third-order valence-electron chi connectivity index (χ3n) is 0.696. The Bertz CT molecular complexity index is 93.0. The number of rotatable bonds is 2. The van der Waals surface area contributed by atoms with Gasteiger partial charge in [0, 0.05) is 12.5 Å². The lowest BCUT2D eigenvalue weighted by Gasteiger charge is -1.95. The van der Waals surface area contributed by atoms with Crippen molar-refractivity contribution in [3.63, 3.8) is 0 Å². The van der Waals surface area contributed by atoms with Gasteiger partial charge in [-0.3, -0.25) is 0 Å². The van der Waals surface area contributed by atoms with E-state index in [-0.39, 0.29) is 11.9 Å². The van der Waals surface area contributed by atoms with E-state index in [1.165, 1.54) is 0 Å². The fourth-order valence-electron chi connectivity index (χ4n) is 0.575. The van der Waals surface area contributed by atoms with Crippen LogP contribution in [-0.4, -0.2) is 17.0 Å². The van der Waals surface area contributed by atoms with Crippen LogP contribution in [0.5, 0.6) is 0 Å². The predicted molar refractivity (Wildman–Crippen MR) is 47.5 cm³/mol. The van der Waals surface area contributed by atoms with Gasteiger partial charge >= 0.3 is 0 Å². The molecule has 0 aliphatic carbocycles. The fraction of sp³-hybridized carbons (Fsp3) is 0.889. The molecule has 0 aliphatic rings. The molecule has 0 saturated carbocycles. The van der Waals surface area contributed by atoms with Crippen molar-refractivity contribution in [2.45, 2.75) is 47.1 Å². The van der Waals surface area contributed by atoms with Gasteiger partial charge < -0.3 is 9.90 Å². The van der Waals surface area contributed by atoms with Gasteiger partial charge in [0.1, 0.15) is 5.78 Å². The lowest BCUT2D eigenvalue weighted by atomic mass is 10.1. The molecule has 0 aromatic heterocycles. The quantitative estimate of drug-likeness (QED) is 0.671. The van der Waals surface area contributed by atoms with E-state index in [0.717, 1.165) is 6.42 Å². The highest BCUT2D eigenvalue weighted by Crippen LogP contribution is 1.97. The molecule has 0 heterocycles. The molecule has 0 rings (SSSR count). The molecule has 0 amide bonds. The predicted octanol–water partition coefficient (Wildman–Crippen LogP) is 2.01. The SMILES string of the molecule is CC(=O)CC(C)C.CC(C)O. The summed E-state index contributed by atoms with van der Waals surface area (Å²) in [6, 6.07) is 0. The van der Waals surface area contributed by atoms with E-state index >= 15 is 0 Å². The molecule has 0 aromatic carbocycles. The van der Waals surface area contributed by atoms with Crippen molar-refractivity contribution in [2.75, 3.05) is 0 Å². The summed E-state index contributed by atoms with van der Waals surface area (Å²) >= 11 is 0. The van der Waals surface area contributed by atoms with Crippen molar-refractivity contribution in [3.05, 3.63) is 0 Å². The Morgan fingerprint density at radius 3 is 1.55 bits per heavy atom. The zero-order valence-corrected chi connectivity index (χ0v) is 8.22. The van der Waals surface area contributed by atoms with Crippen LogP contribution >= 0.6 is 0 Å². The van der Waals surface area contributed by atoms with Crippen LogP contribution in [0.15, 0.2) is 0 Å². The van der Waals surface area contributed by atoms with Gasteiger partial charge in [-0.15, -0.1) is 0 Å². The summed E-state index contributed by atoms with van der Waals surface area (Å²) in [6.07, 6.45) is 0.556. The lowest BCUT2D eigenvalue weighted by molar-refractivity contribution is -0.117. The average Bonchev–Trinajstić information content (AvgIpc) is 1.56. The van der Waals surface area contributed by atoms with Crippen molar-refractivity contribution in [2.24, 2.45) is 5.92 Å². The van der Waals surface area contributed by atoms with E-state index in [0.29, 0.717) is 5.92 Å². The van der Waals surface area contributed by atoms with Gasteiger partial charge in [-0.05, 0) is 26.7 Å². The second kappa shape index (κ2) is 7.73. The minimum atomic E-state index is -0.167. The molecule has 0 aromatic rings. The van der Waals surface area contributed by atoms with E-state index in [1.807, 2.05) is 13.8 Å². The average molecular weight is 160 g/mol. The standard InChI is InChI=1S/C6H12O.C3H8O/c1-5(2)4-6(3)7;1-3(2)4/h5H,4H2,1-3H3;3-4H,1-2H3. The molecule has 0 spiro atoms. The van der Waals surface area contributed by atoms with E-state index in [9.17, 15) is 4.79 Å². The number of Topliss-reactive ketones (excluding diaryl/α,β-unsaturated/α-hetero) is 1. The maximum atomic E-state index is 10.3. The molecule has 2 heteroatoms. The van der Waals surface area contributed by atoms with Gasteiger partial charge in [-0.25, -0.2) is 0 Å². The Kier molecular flexibility index (Phi) is 9.31. The second-order valence-corrected chi connectivity index (χ2v) is 3.39. The fourth-order valence-corrected chi connectivity index (χ4v) is 0.575.